The van der Waals surface area contributed by atoms with Gasteiger partial charge >= 0.3 is 7.82 Å². The van der Waals surface area contributed by atoms with Gasteiger partial charge in [-0.2, -0.15) is 0 Å². The molecule has 0 saturated carbocycles. The van der Waals surface area contributed by atoms with Crippen LogP contribution in [0.15, 0.2) is 0 Å². The van der Waals surface area contributed by atoms with E-state index in [-0.39, 0.29) is 18.7 Å². The predicted molar refractivity (Wildman–Crippen MR) is 108 cm³/mol. The molecule has 0 bridgehead atoms. The van der Waals surface area contributed by atoms with Crippen molar-refractivity contribution in [1.29, 1.82) is 0 Å². The molecule has 0 aromatic carbocycles. The number of rotatable bonds is 15. The molecule has 3 atom stereocenters. The molecule has 0 saturated heterocycles. The van der Waals surface area contributed by atoms with Crippen molar-refractivity contribution >= 4 is 7.82 Å². The van der Waals surface area contributed by atoms with E-state index < -0.39 is 7.82 Å². The minimum Gasteiger partial charge on any atom is -0.279 e. The topological polar surface area (TPSA) is 54.5 Å². The van der Waals surface area contributed by atoms with E-state index in [0.717, 1.165) is 39.3 Å². The van der Waals surface area contributed by atoms with Gasteiger partial charge in [-0.1, -0.05) is 41.5 Å². The van der Waals surface area contributed by atoms with Crippen molar-refractivity contribution in [3.63, 3.8) is 0 Å². The maximum absolute atomic E-state index is 13.5. The minimum atomic E-state index is -3.75. The normalized spacial score (nSPS) is 18.3. The van der Waals surface area contributed by atoms with Gasteiger partial charge in [-0.05, 0) is 60.0 Å². The zero-order valence-electron chi connectivity index (χ0n) is 18.4. The van der Waals surface area contributed by atoms with E-state index in [1.807, 2.05) is 62.3 Å². The lowest BCUT2D eigenvalue weighted by Crippen LogP contribution is -2.39. The highest BCUT2D eigenvalue weighted by Crippen LogP contribution is 2.53. The fourth-order valence-corrected chi connectivity index (χ4v) is 4.72. The fourth-order valence-electron chi connectivity index (χ4n) is 3.05. The van der Waals surface area contributed by atoms with Gasteiger partial charge in [0.1, 0.15) is 18.7 Å². The summed E-state index contributed by atoms with van der Waals surface area (Å²) in [6, 6.07) is 0. The summed E-state index contributed by atoms with van der Waals surface area (Å²) in [5.41, 5.74) is 0. The monoisotopic (exact) mass is 395 g/mol. The number of phosphoric ester groups is 1. The number of hydrogen-bond acceptors (Lipinski definition) is 7. The van der Waals surface area contributed by atoms with Crippen LogP contribution in [0.4, 0.5) is 0 Å². The van der Waals surface area contributed by atoms with Gasteiger partial charge in [0, 0.05) is 0 Å². The van der Waals surface area contributed by atoms with E-state index in [0.29, 0.717) is 0 Å². The molecule has 0 fully saturated rings. The molecular formula is C18H42N3O4P. The Morgan fingerprint density at radius 3 is 0.923 bits per heavy atom. The SMILES string of the molecule is CCN(CC)C(C)OP(=O)(OC(C)N(CC)CC)OC(C)N(CC)CC. The van der Waals surface area contributed by atoms with Gasteiger partial charge in [0.25, 0.3) is 0 Å². The predicted octanol–water partition coefficient (Wildman–Crippen LogP) is 4.21. The van der Waals surface area contributed by atoms with Crippen LogP contribution in [0.25, 0.3) is 0 Å². The maximum Gasteiger partial charge on any atom is 0.479 e. The fraction of sp³-hybridized carbons (Fsp3) is 1.00. The summed E-state index contributed by atoms with van der Waals surface area (Å²) in [7, 11) is -3.75. The first-order valence-electron chi connectivity index (χ1n) is 10.1. The Bertz CT molecular complexity index is 345. The Morgan fingerprint density at radius 1 is 0.577 bits per heavy atom. The summed E-state index contributed by atoms with van der Waals surface area (Å²) in [6.07, 6.45) is -1.07. The first-order valence-corrected chi connectivity index (χ1v) is 11.5. The highest BCUT2D eigenvalue weighted by Gasteiger charge is 2.37. The second-order valence-electron chi connectivity index (χ2n) is 6.23. The molecule has 7 nitrogen and oxygen atoms in total. The highest BCUT2D eigenvalue weighted by atomic mass is 31.2. The standard InChI is InChI=1S/C18H42N3O4P/c1-10-19(11-2)16(7)23-26(22,24-17(8)20(12-3)13-4)25-18(9)21(14-5)15-6/h16-18H,10-15H2,1-9H3. The average molecular weight is 396 g/mol. The molecule has 0 aromatic rings. The van der Waals surface area contributed by atoms with Crippen LogP contribution < -0.4 is 0 Å². The lowest BCUT2D eigenvalue weighted by molar-refractivity contribution is -0.0629. The Morgan fingerprint density at radius 2 is 0.769 bits per heavy atom. The third-order valence-corrected chi connectivity index (χ3v) is 6.51. The van der Waals surface area contributed by atoms with E-state index in [4.69, 9.17) is 13.6 Å². The molecule has 158 valence electrons. The Kier molecular flexibility index (Phi) is 13.2. The molecule has 8 heteroatoms. The number of hydrogen-bond donors (Lipinski definition) is 0. The molecule has 0 heterocycles. The average Bonchev–Trinajstić information content (AvgIpc) is 2.57. The van der Waals surface area contributed by atoms with E-state index in [1.54, 1.807) is 0 Å². The van der Waals surface area contributed by atoms with Crippen LogP contribution in [0.2, 0.25) is 0 Å². The van der Waals surface area contributed by atoms with Gasteiger partial charge < -0.3 is 0 Å². The smallest absolute Gasteiger partial charge is 0.279 e. The number of phosphoric acid groups is 1. The van der Waals surface area contributed by atoms with Crippen molar-refractivity contribution in [3.8, 4) is 0 Å². The van der Waals surface area contributed by atoms with Crippen molar-refractivity contribution in [1.82, 2.24) is 14.7 Å². The molecule has 0 N–H and O–H groups in total. The van der Waals surface area contributed by atoms with Crippen LogP contribution in [-0.4, -0.2) is 72.7 Å². The molecule has 0 aliphatic heterocycles. The molecule has 0 spiro atoms. The molecule has 26 heavy (non-hydrogen) atoms. The third-order valence-electron chi connectivity index (χ3n) is 4.82. The summed E-state index contributed by atoms with van der Waals surface area (Å²) < 4.78 is 31.2. The first kappa shape index (κ1) is 26.0. The minimum absolute atomic E-state index is 0.358. The quantitative estimate of drug-likeness (QED) is 0.304. The second kappa shape index (κ2) is 13.2. The Balaban J connectivity index is 5.39. The molecule has 0 aliphatic rings. The van der Waals surface area contributed by atoms with Crippen molar-refractivity contribution in [2.45, 2.75) is 81.0 Å². The van der Waals surface area contributed by atoms with Gasteiger partial charge in [0.05, 0.1) is 0 Å². The zero-order valence-corrected chi connectivity index (χ0v) is 19.3. The molecule has 0 aliphatic carbocycles. The number of nitrogens with zero attached hydrogens (tertiary/aromatic N) is 3. The van der Waals surface area contributed by atoms with Crippen LogP contribution in [0.5, 0.6) is 0 Å². The molecule has 3 unspecified atom stereocenters. The van der Waals surface area contributed by atoms with Gasteiger partial charge in [-0.3, -0.25) is 28.3 Å². The van der Waals surface area contributed by atoms with Crippen molar-refractivity contribution in [2.75, 3.05) is 39.3 Å². The van der Waals surface area contributed by atoms with Gasteiger partial charge in [-0.15, -0.1) is 0 Å². The Labute approximate surface area is 161 Å². The molecule has 0 radical (unpaired) electrons. The van der Waals surface area contributed by atoms with Crippen LogP contribution in [0.1, 0.15) is 62.3 Å². The lowest BCUT2D eigenvalue weighted by Gasteiger charge is -2.35. The van der Waals surface area contributed by atoms with Crippen LogP contribution >= 0.6 is 7.82 Å². The Hall–Kier alpha value is -0.0100. The summed E-state index contributed by atoms with van der Waals surface area (Å²) in [4.78, 5) is 6.22. The van der Waals surface area contributed by atoms with Gasteiger partial charge in [0.15, 0.2) is 0 Å². The lowest BCUT2D eigenvalue weighted by atomic mass is 10.5. The van der Waals surface area contributed by atoms with Gasteiger partial charge in [0.2, 0.25) is 0 Å². The van der Waals surface area contributed by atoms with E-state index in [2.05, 4.69) is 14.7 Å². The highest BCUT2D eigenvalue weighted by molar-refractivity contribution is 7.48. The molecule has 0 aromatic heterocycles. The van der Waals surface area contributed by atoms with Crippen molar-refractivity contribution in [2.24, 2.45) is 0 Å². The van der Waals surface area contributed by atoms with Crippen molar-refractivity contribution in [3.05, 3.63) is 0 Å². The van der Waals surface area contributed by atoms with Crippen LogP contribution in [-0.2, 0) is 18.1 Å². The van der Waals surface area contributed by atoms with Crippen molar-refractivity contribution < 1.29 is 18.1 Å². The van der Waals surface area contributed by atoms with E-state index >= 15 is 0 Å². The summed E-state index contributed by atoms with van der Waals surface area (Å²) in [6.45, 7) is 22.8. The van der Waals surface area contributed by atoms with Gasteiger partial charge in [-0.25, -0.2) is 4.57 Å². The summed E-state index contributed by atoms with van der Waals surface area (Å²) in [5.74, 6) is 0. The first-order chi connectivity index (χ1) is 12.2. The molecular weight excluding hydrogens is 353 g/mol. The molecule has 0 amide bonds. The zero-order chi connectivity index (χ0) is 20.3. The van der Waals surface area contributed by atoms with E-state index in [9.17, 15) is 4.57 Å². The third kappa shape index (κ3) is 8.34. The van der Waals surface area contributed by atoms with Crippen LogP contribution in [0.3, 0.4) is 0 Å². The van der Waals surface area contributed by atoms with Crippen LogP contribution in [0, 0.1) is 0 Å². The van der Waals surface area contributed by atoms with E-state index in [1.165, 1.54) is 0 Å². The summed E-state index contributed by atoms with van der Waals surface area (Å²) in [5, 5.41) is 0. The molecule has 0 rings (SSSR count). The summed E-state index contributed by atoms with van der Waals surface area (Å²) >= 11 is 0. The largest absolute Gasteiger partial charge is 0.479 e. The maximum atomic E-state index is 13.5. The second-order valence-corrected chi connectivity index (χ2v) is 7.75.